The molecule has 2 fully saturated rings. The van der Waals surface area contributed by atoms with Crippen LogP contribution in [-0.4, -0.2) is 89.0 Å². The molecule has 3 heterocycles. The largest absolute Gasteiger partial charge is 0.439 e. The molecule has 2 aliphatic carbocycles. The molecule has 2 amide bonds. The molecular formula is C84H77Cl5N8O12S2. The monoisotopic (exact) mass is 1630 g/mol. The number of H-pyrrole nitrogens is 2. The fourth-order valence-corrected chi connectivity index (χ4v) is 13.5. The van der Waals surface area contributed by atoms with Crippen LogP contribution in [0.2, 0.25) is 25.1 Å². The fraction of sp³-hybridized carbons (Fsp3) is 0.202. The summed E-state index contributed by atoms with van der Waals surface area (Å²) in [7, 11) is 8.25. The quantitative estimate of drug-likeness (QED) is 0.0423. The molecule has 5 N–H and O–H groups in total. The molecule has 572 valence electrons. The van der Waals surface area contributed by atoms with Crippen molar-refractivity contribution in [3.05, 3.63) is 302 Å². The van der Waals surface area contributed by atoms with Gasteiger partial charge in [0, 0.05) is 112 Å². The molecule has 1 atom stereocenters. The van der Waals surface area contributed by atoms with Crippen LogP contribution in [0.3, 0.4) is 0 Å². The first kappa shape index (κ1) is 82.2. The highest BCUT2D eigenvalue weighted by atomic mass is 35.5. The SMILES string of the molecule is COCc1cc(-c2noc(=O)[nH]2)ccc1-c1ccc(Cl)cc1.COCc1cc(-c2nsc(=O)[nH]2)ccc1-c1ccc(Cl)cc1.COCc1cc(C(=O)NC2CC2)ccc1-c1ccc(Cl)cc1.COCc1cc(C(=O)NC2CCC2)ccc1-c1ccc(Cl)cc1.COCc1cc(C2=NS(=O)ON2)ccc1-c1ccc(Cl)cc1. The van der Waals surface area contributed by atoms with Crippen molar-refractivity contribution in [3.63, 3.8) is 0 Å². The van der Waals surface area contributed by atoms with E-state index in [-0.39, 0.29) is 16.7 Å². The van der Waals surface area contributed by atoms with Crippen LogP contribution in [0.25, 0.3) is 78.4 Å². The number of nitrogens with one attached hydrogen (secondary N) is 5. The van der Waals surface area contributed by atoms with Crippen molar-refractivity contribution in [3.8, 4) is 78.4 Å². The number of methoxy groups -OCH3 is 5. The maximum atomic E-state index is 12.3. The van der Waals surface area contributed by atoms with Gasteiger partial charge in [-0.1, -0.05) is 172 Å². The summed E-state index contributed by atoms with van der Waals surface area (Å²) in [5, 5.41) is 13.3. The summed E-state index contributed by atoms with van der Waals surface area (Å²) in [6.07, 6.45) is 5.54. The number of hydrogen-bond donors (Lipinski definition) is 5. The van der Waals surface area contributed by atoms with Gasteiger partial charge in [-0.25, -0.2) is 14.5 Å². The Labute approximate surface area is 673 Å². The van der Waals surface area contributed by atoms with Gasteiger partial charge in [0.2, 0.25) is 0 Å². The molecule has 12 aromatic rings. The van der Waals surface area contributed by atoms with Gasteiger partial charge in [0.05, 0.1) is 33.0 Å². The molecular weight excluding hydrogens is 1550 g/mol. The van der Waals surface area contributed by atoms with Gasteiger partial charge in [-0.15, -0.1) is 4.40 Å². The van der Waals surface area contributed by atoms with Gasteiger partial charge >= 0.3 is 21.9 Å². The lowest BCUT2D eigenvalue weighted by atomic mass is 9.92. The zero-order chi connectivity index (χ0) is 78.3. The maximum Gasteiger partial charge on any atom is 0.439 e. The first-order valence-electron chi connectivity index (χ1n) is 34.9. The van der Waals surface area contributed by atoms with Crippen molar-refractivity contribution in [2.75, 3.05) is 35.5 Å². The number of aromatic amines is 2. The van der Waals surface area contributed by atoms with Crippen LogP contribution in [0.4, 0.5) is 0 Å². The summed E-state index contributed by atoms with van der Waals surface area (Å²) in [4.78, 5) is 51.9. The Kier molecular flexibility index (Phi) is 30.0. The molecule has 0 bridgehead atoms. The average Bonchev–Trinajstić information content (AvgIpc) is 1.14. The van der Waals surface area contributed by atoms with E-state index in [2.05, 4.69) is 44.5 Å². The van der Waals surface area contributed by atoms with Gasteiger partial charge < -0.3 is 34.3 Å². The lowest BCUT2D eigenvalue weighted by Gasteiger charge is -2.26. The van der Waals surface area contributed by atoms with Crippen LogP contribution in [-0.2, 0) is 72.3 Å². The Morgan fingerprint density at radius 3 is 1.05 bits per heavy atom. The number of amides is 2. The minimum atomic E-state index is -1.68. The van der Waals surface area contributed by atoms with E-state index in [1.807, 2.05) is 212 Å². The number of benzene rings is 10. The summed E-state index contributed by atoms with van der Waals surface area (Å²) in [6, 6.07) is 67.9. The molecule has 0 saturated heterocycles. The zero-order valence-electron chi connectivity index (χ0n) is 60.9. The Hall–Kier alpha value is -9.73. The van der Waals surface area contributed by atoms with Gasteiger partial charge in [0.1, 0.15) is 0 Å². The zero-order valence-corrected chi connectivity index (χ0v) is 66.3. The van der Waals surface area contributed by atoms with Crippen LogP contribution in [0.1, 0.15) is 86.2 Å². The van der Waals surface area contributed by atoms with E-state index in [0.717, 1.165) is 137 Å². The smallest absolute Gasteiger partial charge is 0.380 e. The summed E-state index contributed by atoms with van der Waals surface area (Å²) < 4.78 is 54.8. The predicted molar refractivity (Wildman–Crippen MR) is 440 cm³/mol. The van der Waals surface area contributed by atoms with Crippen LogP contribution in [0.15, 0.2) is 231 Å². The van der Waals surface area contributed by atoms with Crippen molar-refractivity contribution in [2.24, 2.45) is 4.40 Å². The van der Waals surface area contributed by atoms with Crippen molar-refractivity contribution < 1.29 is 46.3 Å². The van der Waals surface area contributed by atoms with E-state index in [1.54, 1.807) is 35.5 Å². The standard InChI is InChI=1S/C19H20ClNO2.C18H18ClNO2.C16H13ClN2O3.C16H13ClN2O2S.C15H13ClN2O3S/c1-23-12-15-11-14(19(22)21-17-3-2-4-17)7-10-18(15)13-5-8-16(20)9-6-13;1-22-11-14-10-13(18(21)20-16-7-8-16)4-9-17(14)12-2-5-15(19)6-3-12;2*1-21-9-12-8-11(15-18-16(20)22-19-15)4-7-14(12)10-2-5-13(17)6-3-10;1-20-9-12-8-11(15-17-21-22(19)18-15)4-7-14(12)10-2-5-13(16)6-3-10/h5-11,17H,2-4,12H2,1H3,(H,21,22);2-6,9-10,16H,7-8,11H2,1H3,(H,20,21);2*2-8H,9H2,1H3,(H,18,19,20);2-8H,9H2,1H3,(H,17,18). The van der Waals surface area contributed by atoms with Gasteiger partial charge in [0.25, 0.3) is 11.8 Å². The van der Waals surface area contributed by atoms with Crippen molar-refractivity contribution in [2.45, 2.75) is 77.2 Å². The molecule has 2 aromatic heterocycles. The summed E-state index contributed by atoms with van der Waals surface area (Å²) in [5.74, 6) is 0.820. The number of rotatable bonds is 22. The number of amidine groups is 1. The van der Waals surface area contributed by atoms with Crippen molar-refractivity contribution in [1.82, 2.24) is 35.6 Å². The second-order valence-corrected chi connectivity index (χ2v) is 29.3. The van der Waals surface area contributed by atoms with E-state index in [4.69, 9.17) is 86.0 Å². The maximum absolute atomic E-state index is 12.3. The Morgan fingerprint density at radius 2 is 0.757 bits per heavy atom. The molecule has 20 nitrogen and oxygen atoms in total. The molecule has 111 heavy (non-hydrogen) atoms. The minimum absolute atomic E-state index is 0.00490. The molecule has 10 aromatic carbocycles. The molecule has 1 unspecified atom stereocenters. The third-order valence-corrected chi connectivity index (χ3v) is 20.1. The molecule has 2 saturated carbocycles. The number of halogens is 5. The number of aromatic nitrogens is 4. The van der Waals surface area contributed by atoms with E-state index in [9.17, 15) is 23.4 Å². The van der Waals surface area contributed by atoms with Crippen LogP contribution in [0, 0.1) is 0 Å². The summed E-state index contributed by atoms with van der Waals surface area (Å²) in [5.41, 5.74) is 21.8. The molecule has 3 aliphatic rings. The molecule has 1 aliphatic heterocycles. The highest BCUT2D eigenvalue weighted by molar-refractivity contribution is 7.79. The summed E-state index contributed by atoms with van der Waals surface area (Å²) in [6.45, 7) is 2.28. The van der Waals surface area contributed by atoms with Crippen LogP contribution >= 0.6 is 69.5 Å². The van der Waals surface area contributed by atoms with Crippen LogP contribution < -0.4 is 26.7 Å². The molecule has 27 heteroatoms. The van der Waals surface area contributed by atoms with Gasteiger partial charge in [-0.3, -0.25) is 28.9 Å². The molecule has 15 rings (SSSR count). The number of nitrogens with zero attached hydrogens (tertiary/aromatic N) is 3. The minimum Gasteiger partial charge on any atom is -0.380 e. The third kappa shape index (κ3) is 23.2. The van der Waals surface area contributed by atoms with Crippen molar-refractivity contribution >= 4 is 98.5 Å². The predicted octanol–water partition coefficient (Wildman–Crippen LogP) is 19.0. The van der Waals surface area contributed by atoms with Gasteiger partial charge in [0.15, 0.2) is 17.5 Å². The van der Waals surface area contributed by atoms with Gasteiger partial charge in [-0.2, -0.15) is 8.66 Å². The van der Waals surface area contributed by atoms with E-state index >= 15 is 0 Å². The van der Waals surface area contributed by atoms with E-state index in [1.165, 1.54) is 6.42 Å². The normalized spacial score (nSPS) is 13.4. The Balaban J connectivity index is 0.000000137. The Bertz CT molecular complexity index is 5180. The van der Waals surface area contributed by atoms with E-state index < -0.39 is 17.0 Å². The topological polar surface area (TPSA) is 260 Å². The first-order valence-corrected chi connectivity index (χ1v) is 38.6. The number of ether oxygens (including phenoxy) is 5. The number of carbonyl (C=O) groups excluding carboxylic acids is 2. The fourth-order valence-electron chi connectivity index (χ4n) is 11.9. The Morgan fingerprint density at radius 1 is 0.432 bits per heavy atom. The second-order valence-electron chi connectivity index (χ2n) is 25.6. The number of carbonyl (C=O) groups is 2. The van der Waals surface area contributed by atoms with Crippen LogP contribution in [0.5, 0.6) is 0 Å². The lowest BCUT2D eigenvalue weighted by molar-refractivity contribution is 0.0914. The van der Waals surface area contributed by atoms with Gasteiger partial charge in [-0.05, 0) is 219 Å². The number of hydrogen-bond acceptors (Lipinski definition) is 16. The average molecular weight is 1630 g/mol. The third-order valence-electron chi connectivity index (χ3n) is 17.8. The highest BCUT2D eigenvalue weighted by Crippen LogP contribution is 2.35. The first-order chi connectivity index (χ1) is 53.8. The molecule has 0 radical (unpaired) electrons. The lowest BCUT2D eigenvalue weighted by Crippen LogP contribution is -2.39. The van der Waals surface area contributed by atoms with Crippen molar-refractivity contribution in [1.29, 1.82) is 0 Å². The van der Waals surface area contributed by atoms with E-state index in [0.29, 0.717) is 98.8 Å². The highest BCUT2D eigenvalue weighted by Gasteiger charge is 2.25. The summed E-state index contributed by atoms with van der Waals surface area (Å²) >= 11 is 28.9. The second kappa shape index (κ2) is 40.5. The number of hydroxylamine groups is 1. The molecule has 0 spiro atoms.